The molecule has 8 aromatic rings. The Balaban J connectivity index is 0.00000229. The van der Waals surface area contributed by atoms with Crippen molar-refractivity contribution in [1.29, 1.82) is 5.26 Å². The predicted molar refractivity (Wildman–Crippen MR) is 291 cm³/mol. The van der Waals surface area contributed by atoms with Crippen molar-refractivity contribution < 1.29 is 84.6 Å². The summed E-state index contributed by atoms with van der Waals surface area (Å²) in [5.41, 5.74) is -0.314. The molecule has 3 aromatic heterocycles. The highest BCUT2D eigenvalue weighted by atomic mass is 32.2. The van der Waals surface area contributed by atoms with E-state index in [0.29, 0.717) is 25.9 Å². The van der Waals surface area contributed by atoms with Crippen LogP contribution >= 0.6 is 23.1 Å². The number of pyridine rings is 1. The normalized spacial score (nSPS) is 12.6. The maximum atomic E-state index is 12.4. The van der Waals surface area contributed by atoms with Gasteiger partial charge in [-0.1, -0.05) is 35.6 Å². The molecule has 0 aliphatic rings. The Kier molecular flexibility index (Phi) is 18.7. The number of imidazole rings is 1. The van der Waals surface area contributed by atoms with E-state index in [1.165, 1.54) is 43.3 Å². The average molecular weight is 1250 g/mol. The Hall–Kier alpha value is -7.38. The van der Waals surface area contributed by atoms with Gasteiger partial charge >= 0.3 is 10.6 Å². The summed E-state index contributed by atoms with van der Waals surface area (Å²) in [5.74, 6) is -1.89. The summed E-state index contributed by atoms with van der Waals surface area (Å²) in [6, 6.07) is 18.1. The highest BCUT2D eigenvalue weighted by Gasteiger charge is 2.27. The lowest BCUT2D eigenvalue weighted by molar-refractivity contribution is 0.281. The van der Waals surface area contributed by atoms with Crippen LogP contribution in [0.1, 0.15) is 40.7 Å². The monoisotopic (exact) mass is 1250 g/mol. The minimum Gasteiger partial charge on any atom is -0.493 e. The summed E-state index contributed by atoms with van der Waals surface area (Å²) in [6.07, 6.45) is -0.214. The maximum absolute atomic E-state index is 12.4. The summed E-state index contributed by atoms with van der Waals surface area (Å²) in [5, 5.41) is 69.4. The van der Waals surface area contributed by atoms with Crippen molar-refractivity contribution in [2.45, 2.75) is 54.6 Å². The Morgan fingerprint density at radius 1 is 0.728 bits per heavy atom. The largest absolute Gasteiger partial charge is 0.493 e. The van der Waals surface area contributed by atoms with Crippen molar-refractivity contribution in [3.05, 3.63) is 94.5 Å². The molecule has 8 rings (SSSR count). The number of azo groups is 3. The van der Waals surface area contributed by atoms with E-state index in [9.17, 15) is 72.5 Å². The molecule has 0 amide bonds. The molecule has 0 saturated heterocycles. The fraction of sp³-hybridized carbons (Fsp3) is 0.222. The fourth-order valence-corrected chi connectivity index (χ4v) is 12.3. The van der Waals surface area contributed by atoms with E-state index in [1.54, 1.807) is 31.2 Å². The van der Waals surface area contributed by atoms with Gasteiger partial charge in [-0.15, -0.1) is 50.0 Å². The second-order valence-corrected chi connectivity index (χ2v) is 25.3. The Labute approximate surface area is 468 Å². The van der Waals surface area contributed by atoms with Gasteiger partial charge in [0.2, 0.25) is 11.0 Å². The van der Waals surface area contributed by atoms with Crippen LogP contribution in [-0.4, -0.2) is 118 Å². The lowest BCUT2D eigenvalue weighted by atomic mass is 10.1. The van der Waals surface area contributed by atoms with Crippen LogP contribution in [0, 0.1) is 25.2 Å². The highest BCUT2D eigenvalue weighted by molar-refractivity contribution is 7.99. The zero-order chi connectivity index (χ0) is 59.4. The van der Waals surface area contributed by atoms with Crippen LogP contribution in [0.4, 0.5) is 33.6 Å². The third-order valence-electron chi connectivity index (χ3n) is 11.3. The van der Waals surface area contributed by atoms with E-state index >= 15 is 0 Å². The molecule has 0 atom stereocenters. The number of aryl methyl sites for hydroxylation is 1. The summed E-state index contributed by atoms with van der Waals surface area (Å²) in [7, 11) is -21.5. The molecule has 0 saturated carbocycles. The van der Waals surface area contributed by atoms with Gasteiger partial charge in [-0.05, 0) is 85.4 Å². The summed E-state index contributed by atoms with van der Waals surface area (Å²) >= 11 is 2.08. The fourth-order valence-electron chi connectivity index (χ4n) is 7.75. The Morgan fingerprint density at radius 3 is 2.00 bits per heavy atom. The van der Waals surface area contributed by atoms with Gasteiger partial charge in [0.25, 0.3) is 40.5 Å². The van der Waals surface area contributed by atoms with Gasteiger partial charge in [0.05, 0.1) is 58.6 Å². The quantitative estimate of drug-likeness (QED) is 0.0163. The molecule has 7 N–H and O–H groups in total. The topological polar surface area (TPSA) is 467 Å². The molecule has 0 unspecified atom stereocenters. The molecule has 36 heteroatoms. The van der Waals surface area contributed by atoms with E-state index in [4.69, 9.17) is 17.4 Å². The predicted octanol–water partition coefficient (Wildman–Crippen LogP) is 8.19. The number of aliphatic hydroxyl groups is 2. The number of aliphatic hydroxyl groups excluding tert-OH is 2. The number of hydrogen-bond acceptors (Lipinski definition) is 26. The van der Waals surface area contributed by atoms with Crippen LogP contribution in [0.15, 0.2) is 112 Å². The lowest BCUT2D eigenvalue weighted by Gasteiger charge is -2.12. The molecule has 5 aromatic carbocycles. The number of aromatic nitrogens is 3. The molecule has 0 radical (unpaired) electrons. The van der Waals surface area contributed by atoms with Crippen LogP contribution in [0.5, 0.6) is 11.6 Å². The third kappa shape index (κ3) is 14.8. The van der Waals surface area contributed by atoms with Gasteiger partial charge < -0.3 is 20.1 Å². The minimum absolute atomic E-state index is 0.00771. The van der Waals surface area contributed by atoms with Crippen LogP contribution in [0.3, 0.4) is 0 Å². The van der Waals surface area contributed by atoms with Gasteiger partial charge in [0, 0.05) is 27.5 Å². The molecule has 426 valence electrons. The van der Waals surface area contributed by atoms with Crippen molar-refractivity contribution in [3.63, 3.8) is 0 Å². The van der Waals surface area contributed by atoms with E-state index in [-0.39, 0.29) is 109 Å². The van der Waals surface area contributed by atoms with E-state index in [1.807, 2.05) is 6.07 Å². The number of nitrogens with zero attached hydrogens (tertiary/aromatic N) is 10. The van der Waals surface area contributed by atoms with Crippen LogP contribution in [0.2, 0.25) is 0 Å². The maximum Gasteiger partial charge on any atom is 0.425 e. The van der Waals surface area contributed by atoms with Crippen molar-refractivity contribution in [2.75, 3.05) is 23.9 Å². The first-order chi connectivity index (χ1) is 38.0. The number of aromatic hydroxyl groups is 1. The van der Waals surface area contributed by atoms with Gasteiger partial charge in [0.15, 0.2) is 11.3 Å². The first-order valence-electron chi connectivity index (χ1n) is 22.6. The SMILES string of the molecule is Cc1cc(N=Nc2c(C)c(C#N)c3nc4c(S(=O)(=O)O)cc(CO)cc4n3c2O)c(OCCCS(=O)(=O)O)cc1N=Nc1cc(CO)c(N=Nc2nc3c(S(=O)(=O)O)cc4ccccc4c3s2)cc1SCCCS(=O)(=O)O.O=S(=O)=O. The van der Waals surface area contributed by atoms with Gasteiger partial charge in [0.1, 0.15) is 43.9 Å². The molecule has 29 nitrogen and oxygen atoms in total. The molecule has 0 aliphatic carbocycles. The molecule has 0 aliphatic heterocycles. The van der Waals surface area contributed by atoms with Crippen LogP contribution < -0.4 is 4.74 Å². The standard InChI is InChI=1S/C45H40N10O16S6.O3S/c1-23-13-32(51-53-39-24(2)29(20-46)43-47-40-34(55(43)44(39)58)14-25(21-56)15-37(40)76(65,66)67)35(71-9-5-11-74(59,60)61)18-30(23)49-52-33-16-27(22-57)31(19-36(33)72-10-6-12-75(62,63)64)50-54-45-48-41-38(77(68,69)70)17-26-7-3-4-8-28(26)42(41)73-45;1-4(2)3/h3-4,7-8,13-19,56-58H,5-6,9-12,21-22H2,1-2H3,(H,59,60,61)(H,62,63,64)(H,65,66,67)(H,68,69,70);. The number of benzene rings is 5. The van der Waals surface area contributed by atoms with Crippen LogP contribution in [-0.2, 0) is 64.3 Å². The number of rotatable bonds is 20. The van der Waals surface area contributed by atoms with E-state index in [2.05, 4.69) is 40.7 Å². The van der Waals surface area contributed by atoms with E-state index < -0.39 is 91.5 Å². The number of nitriles is 1. The van der Waals surface area contributed by atoms with Crippen molar-refractivity contribution in [1.82, 2.24) is 14.4 Å². The van der Waals surface area contributed by atoms with E-state index in [0.717, 1.165) is 33.6 Å². The van der Waals surface area contributed by atoms with Gasteiger partial charge in [-0.25, -0.2) is 9.97 Å². The Bertz CT molecular complexity index is 4580. The number of ether oxygens (including phenoxy) is 1. The van der Waals surface area contributed by atoms with Crippen molar-refractivity contribution in [2.24, 2.45) is 30.7 Å². The van der Waals surface area contributed by atoms with Gasteiger partial charge in [-0.2, -0.15) is 44.0 Å². The summed E-state index contributed by atoms with van der Waals surface area (Å²) in [6.45, 7) is 1.39. The second-order valence-electron chi connectivity index (χ2n) is 16.9. The Morgan fingerprint density at radius 2 is 1.36 bits per heavy atom. The third-order valence-corrected chi connectivity index (χ3v) is 16.8. The molecule has 0 bridgehead atoms. The molecule has 0 spiro atoms. The number of thioether (sulfide) groups is 1. The average Bonchev–Trinajstić information content (AvgIpc) is 2.37. The molecular formula is C45H40N10O19S7. The zero-order valence-electron chi connectivity index (χ0n) is 41.4. The molecule has 81 heavy (non-hydrogen) atoms. The van der Waals surface area contributed by atoms with Crippen LogP contribution in [0.25, 0.3) is 37.7 Å². The number of hydrogen-bond donors (Lipinski definition) is 7. The smallest absolute Gasteiger partial charge is 0.425 e. The lowest BCUT2D eigenvalue weighted by Crippen LogP contribution is -2.08. The first-order valence-corrected chi connectivity index (χ1v) is 31.5. The summed E-state index contributed by atoms with van der Waals surface area (Å²) < 4.78 is 167. The molecule has 3 heterocycles. The number of fused-ring (bicyclic) bond motifs is 6. The highest BCUT2D eigenvalue weighted by Crippen LogP contribution is 2.44. The zero-order valence-corrected chi connectivity index (χ0v) is 47.1. The summed E-state index contributed by atoms with van der Waals surface area (Å²) in [4.78, 5) is 7.77. The van der Waals surface area contributed by atoms with Crippen molar-refractivity contribution >= 4 is 145 Å². The molecule has 0 fully saturated rings. The minimum atomic E-state index is -4.93. The second kappa shape index (κ2) is 24.8. The van der Waals surface area contributed by atoms with Gasteiger partial charge in [-0.3, -0.25) is 22.6 Å². The molecular weight excluding hydrogens is 1210 g/mol. The first kappa shape index (κ1) is 61.2. The number of thiazole rings is 1. The van der Waals surface area contributed by atoms with Crippen molar-refractivity contribution in [3.8, 4) is 17.7 Å².